The van der Waals surface area contributed by atoms with Gasteiger partial charge in [0.2, 0.25) is 11.8 Å². The SMILES string of the molecule is C=CCCC(=O)N[C@@H](COC)[C@@H](OC(=O)[C@H]1[C@@H]2O[C@@]3(CC2Br)[C@@H]1C(=O)N([C@@H](CO)C(C)C)[C@@H]3C(=O)N(CC=C)c1ccc2ccccc2c1)c1ccccc1. The lowest BCUT2D eigenvalue weighted by Gasteiger charge is -2.40. The van der Waals surface area contributed by atoms with Gasteiger partial charge >= 0.3 is 5.97 Å². The van der Waals surface area contributed by atoms with Gasteiger partial charge in [0, 0.05) is 30.6 Å². The van der Waals surface area contributed by atoms with Crippen LogP contribution in [0.1, 0.15) is 44.8 Å². The minimum Gasteiger partial charge on any atom is -0.455 e. The van der Waals surface area contributed by atoms with Crippen molar-refractivity contribution in [1.29, 1.82) is 0 Å². The summed E-state index contributed by atoms with van der Waals surface area (Å²) in [7, 11) is 1.50. The summed E-state index contributed by atoms with van der Waals surface area (Å²) in [6.07, 6.45) is 2.44. The molecule has 2 bridgehead atoms. The zero-order chi connectivity index (χ0) is 39.4. The summed E-state index contributed by atoms with van der Waals surface area (Å²) in [4.78, 5) is 60.6. The lowest BCUT2D eigenvalue weighted by Crippen LogP contribution is -2.60. The molecule has 6 rings (SSSR count). The van der Waals surface area contributed by atoms with Gasteiger partial charge in [-0.15, -0.1) is 13.2 Å². The largest absolute Gasteiger partial charge is 0.455 e. The topological polar surface area (TPSA) is 135 Å². The second-order valence-electron chi connectivity index (χ2n) is 14.9. The number of aliphatic hydroxyl groups excluding tert-OH is 1. The van der Waals surface area contributed by atoms with Gasteiger partial charge in [0.1, 0.15) is 17.7 Å². The number of nitrogens with zero attached hydrogens (tertiary/aromatic N) is 2. The zero-order valence-electron chi connectivity index (χ0n) is 31.5. The summed E-state index contributed by atoms with van der Waals surface area (Å²) >= 11 is 3.76. The number of anilines is 1. The molecule has 55 heavy (non-hydrogen) atoms. The van der Waals surface area contributed by atoms with E-state index in [2.05, 4.69) is 34.4 Å². The van der Waals surface area contributed by atoms with Crippen LogP contribution in [0.5, 0.6) is 0 Å². The molecule has 3 aromatic rings. The van der Waals surface area contributed by atoms with Gasteiger partial charge in [-0.2, -0.15) is 0 Å². The third-order valence-corrected chi connectivity index (χ3v) is 12.0. The first-order valence-electron chi connectivity index (χ1n) is 18.8. The number of methoxy groups -OCH3 is 1. The van der Waals surface area contributed by atoms with Crippen molar-refractivity contribution in [2.45, 2.75) is 73.9 Å². The number of allylic oxidation sites excluding steroid dienone is 1. The number of fused-ring (bicyclic) bond motifs is 2. The van der Waals surface area contributed by atoms with Crippen molar-refractivity contribution in [1.82, 2.24) is 10.2 Å². The number of aliphatic hydroxyl groups is 1. The minimum absolute atomic E-state index is 0.0372. The summed E-state index contributed by atoms with van der Waals surface area (Å²) in [6, 6.07) is 19.9. The number of halogens is 1. The number of amides is 3. The number of rotatable bonds is 17. The van der Waals surface area contributed by atoms with E-state index in [1.165, 1.54) is 12.0 Å². The molecule has 292 valence electrons. The van der Waals surface area contributed by atoms with Crippen LogP contribution in [0.25, 0.3) is 10.8 Å². The summed E-state index contributed by atoms with van der Waals surface area (Å²) < 4.78 is 18.7. The normalized spacial score (nSPS) is 25.7. The fourth-order valence-electron chi connectivity index (χ4n) is 8.66. The Balaban J connectivity index is 1.40. The number of carbonyl (C=O) groups excluding carboxylic acids is 4. The number of benzene rings is 3. The summed E-state index contributed by atoms with van der Waals surface area (Å²) in [5, 5.41) is 15.7. The van der Waals surface area contributed by atoms with Crippen molar-refractivity contribution < 1.29 is 38.5 Å². The van der Waals surface area contributed by atoms with Crippen LogP contribution in [-0.4, -0.2) is 95.2 Å². The molecule has 2 N–H and O–H groups in total. The lowest BCUT2D eigenvalue weighted by molar-refractivity contribution is -0.163. The minimum atomic E-state index is -1.41. The van der Waals surface area contributed by atoms with Crippen LogP contribution in [-0.2, 0) is 33.4 Å². The molecule has 3 fully saturated rings. The Morgan fingerprint density at radius 3 is 2.44 bits per heavy atom. The highest BCUT2D eigenvalue weighted by atomic mass is 79.9. The quantitative estimate of drug-likeness (QED) is 0.104. The van der Waals surface area contributed by atoms with E-state index in [1.807, 2.05) is 74.5 Å². The van der Waals surface area contributed by atoms with Crippen LogP contribution in [0.15, 0.2) is 98.1 Å². The molecule has 3 aliphatic heterocycles. The molecule has 1 unspecified atom stereocenters. The number of carbonyl (C=O) groups is 4. The van der Waals surface area contributed by atoms with Gasteiger partial charge in [-0.05, 0) is 47.2 Å². The summed E-state index contributed by atoms with van der Waals surface area (Å²) in [5.74, 6) is -4.22. The summed E-state index contributed by atoms with van der Waals surface area (Å²) in [6.45, 7) is 11.2. The molecule has 11 nitrogen and oxygen atoms in total. The second kappa shape index (κ2) is 17.2. The maximum Gasteiger partial charge on any atom is 0.313 e. The molecular weight excluding hydrogens is 766 g/mol. The molecule has 0 saturated carbocycles. The number of hydrogen-bond donors (Lipinski definition) is 2. The van der Waals surface area contributed by atoms with Crippen molar-refractivity contribution in [3.05, 3.63) is 104 Å². The van der Waals surface area contributed by atoms with E-state index in [9.17, 15) is 19.5 Å². The number of nitrogens with one attached hydrogen (secondary N) is 1. The van der Waals surface area contributed by atoms with E-state index in [1.54, 1.807) is 29.2 Å². The van der Waals surface area contributed by atoms with Gasteiger partial charge in [-0.1, -0.05) is 103 Å². The first kappa shape index (κ1) is 40.3. The van der Waals surface area contributed by atoms with E-state index in [0.29, 0.717) is 17.7 Å². The Bertz CT molecular complexity index is 1910. The number of alkyl halides is 1. The smallest absolute Gasteiger partial charge is 0.313 e. The van der Waals surface area contributed by atoms with Crippen LogP contribution in [0.3, 0.4) is 0 Å². The van der Waals surface area contributed by atoms with Crippen LogP contribution >= 0.6 is 15.9 Å². The number of ether oxygens (including phenoxy) is 3. The highest BCUT2D eigenvalue weighted by Gasteiger charge is 2.78. The molecule has 3 aliphatic rings. The Kier molecular flexibility index (Phi) is 12.6. The summed E-state index contributed by atoms with van der Waals surface area (Å²) in [5.41, 5.74) is -0.175. The Morgan fingerprint density at radius 1 is 1.07 bits per heavy atom. The van der Waals surface area contributed by atoms with Crippen molar-refractivity contribution in [2.24, 2.45) is 17.8 Å². The molecule has 3 saturated heterocycles. The van der Waals surface area contributed by atoms with Crippen LogP contribution in [0, 0.1) is 17.8 Å². The van der Waals surface area contributed by atoms with Crippen molar-refractivity contribution in [3.63, 3.8) is 0 Å². The molecule has 3 aromatic carbocycles. The predicted octanol–water partition coefficient (Wildman–Crippen LogP) is 5.51. The van der Waals surface area contributed by atoms with Gasteiger partial charge in [0.25, 0.3) is 5.91 Å². The van der Waals surface area contributed by atoms with Gasteiger partial charge in [0.15, 0.2) is 0 Å². The molecule has 9 atom stereocenters. The van der Waals surface area contributed by atoms with Gasteiger partial charge in [-0.25, -0.2) is 0 Å². The first-order chi connectivity index (χ1) is 26.5. The molecule has 3 heterocycles. The third kappa shape index (κ3) is 7.61. The maximum atomic E-state index is 15.2. The van der Waals surface area contributed by atoms with E-state index < -0.39 is 77.0 Å². The first-order valence-corrected chi connectivity index (χ1v) is 19.7. The molecule has 12 heteroatoms. The Labute approximate surface area is 330 Å². The standard InChI is InChI=1S/C43H50BrN3O8/c1-6-8-18-34(49)45-32(25-53-5)37(28-15-10-9-11-16-28)54-42(52)35-36-40(50)47(33(24-48)26(3)4)39(43(36)23-31(44)38(35)55-43)41(51)46(21-7-2)30-20-19-27-14-12-13-17-29(27)22-30/h6-7,9-17,19-20,22,26,31-33,35-39,48H,1-2,8,18,21,23-25H2,3-5H3,(H,45,49)/t31?,32-,33-,35+,36-,37-,38+,39+,43-/m0/s1. The molecular formula is C43H50BrN3O8. The van der Waals surface area contributed by atoms with E-state index in [4.69, 9.17) is 14.2 Å². The lowest BCUT2D eigenvalue weighted by atomic mass is 9.70. The van der Waals surface area contributed by atoms with Crippen LogP contribution in [0.2, 0.25) is 0 Å². The highest BCUT2D eigenvalue weighted by Crippen LogP contribution is 2.61. The zero-order valence-corrected chi connectivity index (χ0v) is 33.1. The number of hydrogen-bond acceptors (Lipinski definition) is 8. The molecule has 0 aromatic heterocycles. The third-order valence-electron chi connectivity index (χ3n) is 11.2. The van der Waals surface area contributed by atoms with Gasteiger partial charge in [-0.3, -0.25) is 19.2 Å². The Hall–Kier alpha value is -4.36. The number of esters is 1. The molecule has 0 aliphatic carbocycles. The van der Waals surface area contributed by atoms with E-state index in [-0.39, 0.29) is 37.8 Å². The van der Waals surface area contributed by atoms with Gasteiger partial charge in [0.05, 0.1) is 43.2 Å². The molecule has 0 radical (unpaired) electrons. The highest BCUT2D eigenvalue weighted by molar-refractivity contribution is 9.09. The van der Waals surface area contributed by atoms with Crippen molar-refractivity contribution in [3.8, 4) is 0 Å². The van der Waals surface area contributed by atoms with Crippen LogP contribution in [0.4, 0.5) is 5.69 Å². The fraction of sp³-hybridized carbons (Fsp3) is 0.442. The monoisotopic (exact) mass is 815 g/mol. The van der Waals surface area contributed by atoms with Crippen molar-refractivity contribution >= 4 is 56.1 Å². The van der Waals surface area contributed by atoms with E-state index >= 15 is 4.79 Å². The molecule has 1 spiro atoms. The Morgan fingerprint density at radius 2 is 1.78 bits per heavy atom. The molecule has 3 amide bonds. The predicted molar refractivity (Wildman–Crippen MR) is 213 cm³/mol. The van der Waals surface area contributed by atoms with Crippen LogP contribution < -0.4 is 10.2 Å². The van der Waals surface area contributed by atoms with E-state index in [0.717, 1.165) is 10.8 Å². The average molecular weight is 817 g/mol. The average Bonchev–Trinajstić information content (AvgIpc) is 3.78. The fourth-order valence-corrected chi connectivity index (χ4v) is 9.61. The maximum absolute atomic E-state index is 15.2. The number of likely N-dealkylation sites (tertiary alicyclic amines) is 1. The van der Waals surface area contributed by atoms with Crippen molar-refractivity contribution in [2.75, 3.05) is 31.8 Å². The second-order valence-corrected chi connectivity index (χ2v) is 16.1. The van der Waals surface area contributed by atoms with Gasteiger partial charge < -0.3 is 34.4 Å².